The Morgan fingerprint density at radius 3 is 2.87 bits per heavy atom. The van der Waals surface area contributed by atoms with Crippen LogP contribution >= 0.6 is 24.0 Å². The fourth-order valence-corrected chi connectivity index (χ4v) is 2.73. The van der Waals surface area contributed by atoms with Crippen molar-refractivity contribution in [1.82, 2.24) is 25.4 Å². The molecule has 0 saturated heterocycles. The molecule has 124 valence electrons. The van der Waals surface area contributed by atoms with Crippen molar-refractivity contribution in [2.75, 3.05) is 7.05 Å². The number of guanidine groups is 1. The van der Waals surface area contributed by atoms with Crippen molar-refractivity contribution in [1.29, 1.82) is 0 Å². The molecule has 1 aromatic carbocycles. The maximum atomic E-state index is 4.26. The predicted molar refractivity (Wildman–Crippen MR) is 102 cm³/mol. The molecule has 3 rings (SSSR count). The molecule has 0 saturated carbocycles. The van der Waals surface area contributed by atoms with E-state index in [1.807, 2.05) is 0 Å². The molecule has 1 aliphatic heterocycles. The van der Waals surface area contributed by atoms with Crippen LogP contribution in [-0.4, -0.2) is 27.8 Å². The molecule has 0 bridgehead atoms. The average molecular weight is 426 g/mol. The number of rotatable bonds is 4. The molecule has 2 heterocycles. The smallest absolute Gasteiger partial charge is 0.191 e. The van der Waals surface area contributed by atoms with E-state index in [2.05, 4.69) is 61.6 Å². The van der Waals surface area contributed by atoms with Crippen molar-refractivity contribution in [2.45, 2.75) is 39.4 Å². The van der Waals surface area contributed by atoms with Crippen molar-refractivity contribution in [3.63, 3.8) is 0 Å². The van der Waals surface area contributed by atoms with E-state index in [4.69, 9.17) is 0 Å². The van der Waals surface area contributed by atoms with E-state index in [-0.39, 0.29) is 24.0 Å². The molecular weight excluding hydrogens is 403 g/mol. The van der Waals surface area contributed by atoms with Crippen molar-refractivity contribution in [3.8, 4) is 0 Å². The highest BCUT2D eigenvalue weighted by Gasteiger charge is 2.16. The van der Waals surface area contributed by atoms with Crippen LogP contribution in [0.4, 0.5) is 0 Å². The summed E-state index contributed by atoms with van der Waals surface area (Å²) in [5.74, 6) is 2.85. The summed E-state index contributed by atoms with van der Waals surface area (Å²) in [6.45, 7) is 4.51. The van der Waals surface area contributed by atoms with Gasteiger partial charge in [-0.3, -0.25) is 4.99 Å². The van der Waals surface area contributed by atoms with Crippen LogP contribution in [0.15, 0.2) is 29.3 Å². The van der Waals surface area contributed by atoms with Gasteiger partial charge in [0.2, 0.25) is 0 Å². The summed E-state index contributed by atoms with van der Waals surface area (Å²) in [5, 5.41) is 15.1. The van der Waals surface area contributed by atoms with Crippen molar-refractivity contribution in [3.05, 3.63) is 47.0 Å². The Bertz CT molecular complexity index is 679. The van der Waals surface area contributed by atoms with Crippen molar-refractivity contribution >= 4 is 29.9 Å². The SMILES string of the molecule is CN=C(NCc1cccc(C)c1)NCc1nnc2n1CCC2.I. The molecule has 2 aromatic rings. The third-order valence-corrected chi connectivity index (χ3v) is 3.87. The summed E-state index contributed by atoms with van der Waals surface area (Å²) in [5.41, 5.74) is 2.51. The van der Waals surface area contributed by atoms with Crippen LogP contribution in [0.1, 0.15) is 29.2 Å². The van der Waals surface area contributed by atoms with Gasteiger partial charge in [0.25, 0.3) is 0 Å². The van der Waals surface area contributed by atoms with E-state index >= 15 is 0 Å². The first-order chi connectivity index (χ1) is 10.8. The van der Waals surface area contributed by atoms with Gasteiger partial charge in [0.15, 0.2) is 11.8 Å². The van der Waals surface area contributed by atoms with E-state index in [0.717, 1.165) is 43.5 Å². The second-order valence-corrected chi connectivity index (χ2v) is 5.56. The van der Waals surface area contributed by atoms with Gasteiger partial charge in [-0.05, 0) is 18.9 Å². The highest BCUT2D eigenvalue weighted by atomic mass is 127. The zero-order valence-corrected chi connectivity index (χ0v) is 15.9. The maximum absolute atomic E-state index is 4.26. The normalized spacial score (nSPS) is 13.4. The van der Waals surface area contributed by atoms with Crippen LogP contribution in [-0.2, 0) is 26.1 Å². The first-order valence-corrected chi connectivity index (χ1v) is 7.67. The summed E-state index contributed by atoms with van der Waals surface area (Å²) in [6.07, 6.45) is 2.20. The molecule has 0 unspecified atom stereocenters. The fourth-order valence-electron chi connectivity index (χ4n) is 2.73. The van der Waals surface area contributed by atoms with Crippen LogP contribution in [0.3, 0.4) is 0 Å². The fraction of sp³-hybridized carbons (Fsp3) is 0.438. The lowest BCUT2D eigenvalue weighted by molar-refractivity contribution is 0.663. The lowest BCUT2D eigenvalue weighted by Crippen LogP contribution is -2.37. The van der Waals surface area contributed by atoms with Gasteiger partial charge >= 0.3 is 0 Å². The number of hydrogen-bond acceptors (Lipinski definition) is 3. The zero-order valence-electron chi connectivity index (χ0n) is 13.5. The Balaban J connectivity index is 0.00000192. The maximum Gasteiger partial charge on any atom is 0.191 e. The molecule has 2 N–H and O–H groups in total. The number of halogens is 1. The Kier molecular flexibility index (Phi) is 6.37. The van der Waals surface area contributed by atoms with Gasteiger partial charge in [-0.25, -0.2) is 0 Å². The van der Waals surface area contributed by atoms with Gasteiger partial charge in [0.05, 0.1) is 6.54 Å². The average Bonchev–Trinajstić information content (AvgIpc) is 3.11. The number of fused-ring (bicyclic) bond motifs is 1. The first kappa shape index (κ1) is 17.7. The molecular formula is C16H23IN6. The Hall–Kier alpha value is -1.64. The monoisotopic (exact) mass is 426 g/mol. The summed E-state index contributed by atoms with van der Waals surface area (Å²) in [4.78, 5) is 4.26. The topological polar surface area (TPSA) is 67.1 Å². The Morgan fingerprint density at radius 2 is 2.09 bits per heavy atom. The molecule has 23 heavy (non-hydrogen) atoms. The summed E-state index contributed by atoms with van der Waals surface area (Å²) >= 11 is 0. The summed E-state index contributed by atoms with van der Waals surface area (Å²) in [6, 6.07) is 8.45. The minimum absolute atomic E-state index is 0. The van der Waals surface area contributed by atoms with E-state index in [9.17, 15) is 0 Å². The number of nitrogens with zero attached hydrogens (tertiary/aromatic N) is 4. The third kappa shape index (κ3) is 4.43. The number of aryl methyl sites for hydroxylation is 2. The highest BCUT2D eigenvalue weighted by Crippen LogP contribution is 2.13. The minimum Gasteiger partial charge on any atom is -0.352 e. The molecule has 0 radical (unpaired) electrons. The predicted octanol–water partition coefficient (Wildman–Crippen LogP) is 2.02. The molecule has 0 amide bonds. The molecule has 0 spiro atoms. The first-order valence-electron chi connectivity index (χ1n) is 7.67. The molecule has 6 nitrogen and oxygen atoms in total. The Labute approximate surface area is 153 Å². The van der Waals surface area contributed by atoms with Crippen molar-refractivity contribution in [2.24, 2.45) is 4.99 Å². The van der Waals surface area contributed by atoms with E-state index < -0.39 is 0 Å². The molecule has 0 atom stereocenters. The molecule has 1 aromatic heterocycles. The largest absolute Gasteiger partial charge is 0.352 e. The number of hydrogen-bond donors (Lipinski definition) is 2. The quantitative estimate of drug-likeness (QED) is 0.446. The third-order valence-electron chi connectivity index (χ3n) is 3.87. The second-order valence-electron chi connectivity index (χ2n) is 5.56. The van der Waals surface area contributed by atoms with Gasteiger partial charge in [0, 0.05) is 26.6 Å². The second kappa shape index (κ2) is 8.28. The number of aliphatic imine (C=N–C) groups is 1. The van der Waals surface area contributed by atoms with Crippen LogP contribution in [0.2, 0.25) is 0 Å². The highest BCUT2D eigenvalue weighted by molar-refractivity contribution is 14.0. The Morgan fingerprint density at radius 1 is 1.26 bits per heavy atom. The van der Waals surface area contributed by atoms with Crippen LogP contribution in [0, 0.1) is 6.92 Å². The number of nitrogens with one attached hydrogen (secondary N) is 2. The molecule has 1 aliphatic rings. The summed E-state index contributed by atoms with van der Waals surface area (Å²) < 4.78 is 2.20. The number of aromatic nitrogens is 3. The summed E-state index contributed by atoms with van der Waals surface area (Å²) in [7, 11) is 1.78. The number of benzene rings is 1. The van der Waals surface area contributed by atoms with Gasteiger partial charge in [0.1, 0.15) is 5.82 Å². The standard InChI is InChI=1S/C16H22N6.HI/c1-12-5-3-6-13(9-12)10-18-16(17-2)19-11-15-21-20-14-7-4-8-22(14)15;/h3,5-6,9H,4,7-8,10-11H2,1-2H3,(H2,17,18,19);1H. The van der Waals surface area contributed by atoms with Crippen molar-refractivity contribution < 1.29 is 0 Å². The van der Waals surface area contributed by atoms with Crippen LogP contribution in [0.25, 0.3) is 0 Å². The van der Waals surface area contributed by atoms with Gasteiger partial charge < -0.3 is 15.2 Å². The van der Waals surface area contributed by atoms with Gasteiger partial charge in [-0.1, -0.05) is 29.8 Å². The molecule has 7 heteroatoms. The van der Waals surface area contributed by atoms with Crippen LogP contribution < -0.4 is 10.6 Å². The lowest BCUT2D eigenvalue weighted by atomic mass is 10.1. The van der Waals surface area contributed by atoms with E-state index in [1.165, 1.54) is 11.1 Å². The minimum atomic E-state index is 0. The zero-order chi connectivity index (χ0) is 15.4. The van der Waals surface area contributed by atoms with Gasteiger partial charge in [-0.15, -0.1) is 34.2 Å². The van der Waals surface area contributed by atoms with E-state index in [1.54, 1.807) is 7.05 Å². The van der Waals surface area contributed by atoms with Gasteiger partial charge in [-0.2, -0.15) is 0 Å². The van der Waals surface area contributed by atoms with E-state index in [0.29, 0.717) is 6.54 Å². The molecule has 0 aliphatic carbocycles. The molecule has 0 fully saturated rings. The lowest BCUT2D eigenvalue weighted by Gasteiger charge is -2.12. The van der Waals surface area contributed by atoms with Crippen LogP contribution in [0.5, 0.6) is 0 Å².